The molecule has 0 radical (unpaired) electrons. The molecule has 33 heavy (non-hydrogen) atoms. The third kappa shape index (κ3) is 6.27. The molecule has 0 bridgehead atoms. The summed E-state index contributed by atoms with van der Waals surface area (Å²) in [5.74, 6) is 0.825. The van der Waals surface area contributed by atoms with Gasteiger partial charge < -0.3 is 15.4 Å². The summed E-state index contributed by atoms with van der Waals surface area (Å²) in [5.41, 5.74) is 2.74. The maximum atomic E-state index is 12.4. The van der Waals surface area contributed by atoms with E-state index in [1.54, 1.807) is 22.9 Å². The van der Waals surface area contributed by atoms with E-state index >= 15 is 0 Å². The van der Waals surface area contributed by atoms with Crippen molar-refractivity contribution in [2.24, 2.45) is 5.92 Å². The molecule has 1 aromatic heterocycles. The van der Waals surface area contributed by atoms with Gasteiger partial charge in [-0.1, -0.05) is 29.8 Å². The van der Waals surface area contributed by atoms with Gasteiger partial charge in [0.15, 0.2) is 0 Å². The molecule has 1 fully saturated rings. The largest absolute Gasteiger partial charge is 0.411 e. The van der Waals surface area contributed by atoms with Gasteiger partial charge in [-0.15, -0.1) is 5.10 Å². The summed E-state index contributed by atoms with van der Waals surface area (Å²) in [6, 6.07) is 16.4. The topological polar surface area (TPSA) is 68.2 Å². The zero-order valence-electron chi connectivity index (χ0n) is 17.5. The lowest BCUT2D eigenvalue weighted by atomic mass is 10.1. The molecule has 1 aliphatic rings. The van der Waals surface area contributed by atoms with E-state index in [-0.39, 0.29) is 18.4 Å². The molecule has 0 spiro atoms. The van der Waals surface area contributed by atoms with E-state index in [4.69, 9.17) is 16.3 Å². The first kappa shape index (κ1) is 23.1. The monoisotopic (exact) mass is 478 g/mol. The number of carbonyl (C=O) groups excluding carboxylic acids is 1. The van der Waals surface area contributed by atoms with Crippen LogP contribution in [0.4, 0.5) is 19.0 Å². The minimum Gasteiger partial charge on any atom is -0.368 e. The molecule has 1 saturated heterocycles. The third-order valence-electron chi connectivity index (χ3n) is 5.13. The molecule has 2 N–H and O–H groups in total. The van der Waals surface area contributed by atoms with Crippen LogP contribution in [-0.2, 0) is 16.1 Å². The second-order valence-electron chi connectivity index (χ2n) is 7.87. The summed E-state index contributed by atoms with van der Waals surface area (Å²) in [6.45, 7) is -0.354. The standard InChI is InChI=1S/C23H22ClF3N4O2/c24-18-7-15(13-33-14-23(25,26)27)6-17(9-18)20-10-21(28-11-16-8-22(32)29-12-16)30-31(20)19-4-2-1-3-5-19/h1-7,9-10,16H,8,11-14H2,(H,28,30)(H,29,32)/t16-/m1/s1. The molecule has 1 atom stereocenters. The molecule has 6 nitrogen and oxygen atoms in total. The van der Waals surface area contributed by atoms with E-state index in [1.165, 1.54) is 0 Å². The second kappa shape index (κ2) is 9.84. The van der Waals surface area contributed by atoms with Gasteiger partial charge in [0, 0.05) is 42.1 Å². The number of hydrogen-bond acceptors (Lipinski definition) is 4. The highest BCUT2D eigenvalue weighted by atomic mass is 35.5. The zero-order chi connectivity index (χ0) is 23.4. The normalized spacial score (nSPS) is 16.1. The van der Waals surface area contributed by atoms with Crippen LogP contribution < -0.4 is 10.6 Å². The number of ether oxygens (including phenoxy) is 1. The zero-order valence-corrected chi connectivity index (χ0v) is 18.3. The SMILES string of the molecule is O=C1C[C@H](CNc2cc(-c3cc(Cl)cc(COCC(F)(F)F)c3)n(-c3ccccc3)n2)CN1. The minimum absolute atomic E-state index is 0.0384. The van der Waals surface area contributed by atoms with Crippen LogP contribution in [0.1, 0.15) is 12.0 Å². The van der Waals surface area contributed by atoms with E-state index in [0.717, 1.165) is 5.69 Å². The van der Waals surface area contributed by atoms with Crippen LogP contribution >= 0.6 is 11.6 Å². The maximum absolute atomic E-state index is 12.4. The summed E-state index contributed by atoms with van der Waals surface area (Å²) in [4.78, 5) is 11.4. The number of para-hydroxylation sites is 1. The Labute approximate surface area is 193 Å². The molecule has 174 valence electrons. The maximum Gasteiger partial charge on any atom is 0.411 e. The Morgan fingerprint density at radius 3 is 2.67 bits per heavy atom. The van der Waals surface area contributed by atoms with Crippen molar-refractivity contribution in [3.05, 3.63) is 65.2 Å². The number of amides is 1. The third-order valence-corrected chi connectivity index (χ3v) is 5.35. The Morgan fingerprint density at radius 1 is 1.18 bits per heavy atom. The molecule has 0 saturated carbocycles. The van der Waals surface area contributed by atoms with Gasteiger partial charge in [-0.05, 0) is 35.9 Å². The van der Waals surface area contributed by atoms with Crippen LogP contribution in [0, 0.1) is 5.92 Å². The fraction of sp³-hybridized carbons (Fsp3) is 0.304. The molecular formula is C23H22ClF3N4O2. The highest BCUT2D eigenvalue weighted by molar-refractivity contribution is 6.31. The van der Waals surface area contributed by atoms with Crippen LogP contribution in [0.5, 0.6) is 0 Å². The van der Waals surface area contributed by atoms with Crippen LogP contribution in [0.3, 0.4) is 0 Å². The molecule has 3 aromatic rings. The summed E-state index contributed by atoms with van der Waals surface area (Å²) in [6.07, 6.45) is -3.93. The van der Waals surface area contributed by atoms with E-state index in [2.05, 4.69) is 15.7 Å². The van der Waals surface area contributed by atoms with Crippen molar-refractivity contribution in [1.29, 1.82) is 0 Å². The smallest absolute Gasteiger partial charge is 0.368 e. The van der Waals surface area contributed by atoms with Gasteiger partial charge in [0.1, 0.15) is 12.4 Å². The first-order valence-corrected chi connectivity index (χ1v) is 10.7. The van der Waals surface area contributed by atoms with Gasteiger partial charge in [-0.2, -0.15) is 13.2 Å². The quantitative estimate of drug-likeness (QED) is 0.487. The number of carbonyl (C=O) groups is 1. The Balaban J connectivity index is 1.61. The van der Waals surface area contributed by atoms with Crippen molar-refractivity contribution >= 4 is 23.3 Å². The lowest BCUT2D eigenvalue weighted by molar-refractivity contribution is -0.176. The van der Waals surface area contributed by atoms with Crippen molar-refractivity contribution in [3.63, 3.8) is 0 Å². The number of alkyl halides is 3. The highest BCUT2D eigenvalue weighted by Gasteiger charge is 2.27. The highest BCUT2D eigenvalue weighted by Crippen LogP contribution is 2.30. The van der Waals surface area contributed by atoms with Crippen LogP contribution in [0.15, 0.2) is 54.6 Å². The van der Waals surface area contributed by atoms with Gasteiger partial charge in [0.2, 0.25) is 5.91 Å². The fourth-order valence-electron chi connectivity index (χ4n) is 3.66. The first-order valence-electron chi connectivity index (χ1n) is 10.4. The number of nitrogens with one attached hydrogen (secondary N) is 2. The summed E-state index contributed by atoms with van der Waals surface area (Å²) in [5, 5.41) is 11.1. The number of aromatic nitrogens is 2. The van der Waals surface area contributed by atoms with Crippen molar-refractivity contribution in [1.82, 2.24) is 15.1 Å². The van der Waals surface area contributed by atoms with Gasteiger partial charge in [-0.3, -0.25) is 4.79 Å². The molecule has 2 aromatic carbocycles. The summed E-state index contributed by atoms with van der Waals surface area (Å²) >= 11 is 6.27. The molecule has 1 amide bonds. The molecule has 1 aliphatic heterocycles. The van der Waals surface area contributed by atoms with Gasteiger partial charge >= 0.3 is 6.18 Å². The summed E-state index contributed by atoms with van der Waals surface area (Å²) in [7, 11) is 0. The first-order chi connectivity index (χ1) is 15.8. The van der Waals surface area contributed by atoms with Gasteiger partial charge in [-0.25, -0.2) is 4.68 Å². The van der Waals surface area contributed by atoms with Crippen LogP contribution in [-0.4, -0.2) is 41.6 Å². The van der Waals surface area contributed by atoms with Gasteiger partial charge in [0.05, 0.1) is 18.0 Å². The number of nitrogens with zero attached hydrogens (tertiary/aromatic N) is 2. The molecule has 10 heteroatoms. The van der Waals surface area contributed by atoms with Crippen molar-refractivity contribution in [2.45, 2.75) is 19.2 Å². The van der Waals surface area contributed by atoms with E-state index in [9.17, 15) is 18.0 Å². The number of anilines is 1. The molecular weight excluding hydrogens is 457 g/mol. The average molecular weight is 479 g/mol. The number of rotatable bonds is 8. The van der Waals surface area contributed by atoms with Crippen molar-refractivity contribution < 1.29 is 22.7 Å². The molecule has 0 aliphatic carbocycles. The fourth-order valence-corrected chi connectivity index (χ4v) is 3.92. The molecule has 0 unspecified atom stereocenters. The summed E-state index contributed by atoms with van der Waals surface area (Å²) < 4.78 is 43.9. The lowest BCUT2D eigenvalue weighted by Crippen LogP contribution is -2.18. The Kier molecular flexibility index (Phi) is 6.90. The van der Waals surface area contributed by atoms with E-state index < -0.39 is 12.8 Å². The van der Waals surface area contributed by atoms with Crippen molar-refractivity contribution in [2.75, 3.05) is 25.0 Å². The van der Waals surface area contributed by atoms with E-state index in [1.807, 2.05) is 36.4 Å². The molecule has 2 heterocycles. The second-order valence-corrected chi connectivity index (χ2v) is 8.31. The average Bonchev–Trinajstić information content (AvgIpc) is 3.38. The Morgan fingerprint density at radius 2 is 1.97 bits per heavy atom. The number of hydrogen-bond donors (Lipinski definition) is 2. The van der Waals surface area contributed by atoms with E-state index in [0.29, 0.717) is 47.2 Å². The van der Waals surface area contributed by atoms with Crippen LogP contribution in [0.2, 0.25) is 5.02 Å². The Hall–Kier alpha value is -3.04. The predicted octanol–water partition coefficient (Wildman–Crippen LogP) is 4.82. The number of benzene rings is 2. The van der Waals surface area contributed by atoms with Crippen molar-refractivity contribution in [3.8, 4) is 16.9 Å². The van der Waals surface area contributed by atoms with Gasteiger partial charge in [0.25, 0.3) is 0 Å². The van der Waals surface area contributed by atoms with Crippen LogP contribution in [0.25, 0.3) is 16.9 Å². The number of halogens is 4. The Bertz CT molecular complexity index is 1120. The minimum atomic E-state index is -4.40. The lowest BCUT2D eigenvalue weighted by Gasteiger charge is -2.11. The predicted molar refractivity (Wildman–Crippen MR) is 119 cm³/mol. The molecule has 4 rings (SSSR count).